The molecule has 32 heavy (non-hydrogen) atoms. The summed E-state index contributed by atoms with van der Waals surface area (Å²) in [4.78, 5) is 10.9. The maximum absolute atomic E-state index is 10.9. The van der Waals surface area contributed by atoms with Crippen molar-refractivity contribution < 1.29 is 24.2 Å². The number of aldehydes is 1. The van der Waals surface area contributed by atoms with Crippen molar-refractivity contribution in [3.63, 3.8) is 0 Å². The standard InChI is InChI=1S/C25H23NO4.CH4O/c26-14-17-4-3-6-20(10-17)23-12-18(11-21-13-22(15-28)30-25(21)23)16-29-24-7-2-1-5-19(24)8-9-27;1-2/h1-7,9-13,28H,8,14-16,26H2;2H,1H3. The molecule has 4 rings (SSSR count). The van der Waals surface area contributed by atoms with Gasteiger partial charge in [0, 0.05) is 36.6 Å². The van der Waals surface area contributed by atoms with Gasteiger partial charge >= 0.3 is 0 Å². The Morgan fingerprint density at radius 3 is 2.56 bits per heavy atom. The second-order valence-corrected chi connectivity index (χ2v) is 7.10. The van der Waals surface area contributed by atoms with E-state index in [0.29, 0.717) is 31.1 Å². The van der Waals surface area contributed by atoms with Gasteiger partial charge in [-0.3, -0.25) is 0 Å². The first-order valence-electron chi connectivity index (χ1n) is 10.3. The van der Waals surface area contributed by atoms with Crippen molar-refractivity contribution in [2.45, 2.75) is 26.2 Å². The zero-order chi connectivity index (χ0) is 22.9. The number of nitrogens with two attached hydrogens (primary N) is 1. The van der Waals surface area contributed by atoms with E-state index >= 15 is 0 Å². The third-order valence-corrected chi connectivity index (χ3v) is 5.03. The molecule has 4 N–H and O–H groups in total. The van der Waals surface area contributed by atoms with Crippen molar-refractivity contribution in [1.29, 1.82) is 0 Å². The van der Waals surface area contributed by atoms with Crippen LogP contribution in [0.5, 0.6) is 5.75 Å². The van der Waals surface area contributed by atoms with Gasteiger partial charge in [0.15, 0.2) is 0 Å². The Morgan fingerprint density at radius 2 is 1.81 bits per heavy atom. The maximum atomic E-state index is 10.9. The average molecular weight is 434 g/mol. The Bertz CT molecular complexity index is 1180. The van der Waals surface area contributed by atoms with Crippen LogP contribution in [0.1, 0.15) is 22.5 Å². The van der Waals surface area contributed by atoms with Gasteiger partial charge in [0.2, 0.25) is 0 Å². The molecule has 1 heterocycles. The number of aliphatic hydroxyl groups excluding tert-OH is 2. The summed E-state index contributed by atoms with van der Waals surface area (Å²) in [6.45, 7) is 0.629. The lowest BCUT2D eigenvalue weighted by Crippen LogP contribution is -2.00. The van der Waals surface area contributed by atoms with Crippen molar-refractivity contribution in [3.8, 4) is 16.9 Å². The molecule has 1 aromatic heterocycles. The molecular weight excluding hydrogens is 406 g/mol. The summed E-state index contributed by atoms with van der Waals surface area (Å²) in [5, 5.41) is 17.4. The van der Waals surface area contributed by atoms with E-state index < -0.39 is 0 Å². The predicted molar refractivity (Wildman–Crippen MR) is 124 cm³/mol. The minimum absolute atomic E-state index is 0.165. The number of fused-ring (bicyclic) bond motifs is 1. The van der Waals surface area contributed by atoms with E-state index in [9.17, 15) is 9.90 Å². The highest BCUT2D eigenvalue weighted by molar-refractivity contribution is 5.93. The highest BCUT2D eigenvalue weighted by Gasteiger charge is 2.13. The van der Waals surface area contributed by atoms with Gasteiger partial charge in [-0.15, -0.1) is 0 Å². The number of para-hydroxylation sites is 1. The third kappa shape index (κ3) is 5.23. The molecule has 0 atom stereocenters. The molecule has 3 aromatic carbocycles. The van der Waals surface area contributed by atoms with Gasteiger partial charge in [-0.2, -0.15) is 0 Å². The Balaban J connectivity index is 0.00000141. The fourth-order valence-corrected chi connectivity index (χ4v) is 3.57. The number of ether oxygens (including phenoxy) is 1. The number of aliphatic hydroxyl groups is 2. The highest BCUT2D eigenvalue weighted by Crippen LogP contribution is 2.33. The molecule has 0 amide bonds. The zero-order valence-corrected chi connectivity index (χ0v) is 18.0. The molecule has 0 saturated heterocycles. The van der Waals surface area contributed by atoms with E-state index in [0.717, 1.165) is 52.2 Å². The van der Waals surface area contributed by atoms with Crippen LogP contribution >= 0.6 is 0 Å². The topological polar surface area (TPSA) is 106 Å². The summed E-state index contributed by atoms with van der Waals surface area (Å²) >= 11 is 0. The molecule has 0 fully saturated rings. The van der Waals surface area contributed by atoms with Crippen molar-refractivity contribution in [1.82, 2.24) is 0 Å². The Kier molecular flexibility index (Phi) is 8.16. The molecule has 0 bridgehead atoms. The van der Waals surface area contributed by atoms with Gasteiger partial charge in [-0.1, -0.05) is 36.4 Å². The van der Waals surface area contributed by atoms with E-state index in [-0.39, 0.29) is 6.61 Å². The summed E-state index contributed by atoms with van der Waals surface area (Å²) < 4.78 is 11.9. The smallest absolute Gasteiger partial charge is 0.142 e. The second-order valence-electron chi connectivity index (χ2n) is 7.10. The summed E-state index contributed by atoms with van der Waals surface area (Å²) in [6, 6.07) is 21.4. The van der Waals surface area contributed by atoms with Crippen LogP contribution in [0, 0.1) is 0 Å². The van der Waals surface area contributed by atoms with Crippen molar-refractivity contribution in [3.05, 3.63) is 89.2 Å². The van der Waals surface area contributed by atoms with E-state index in [1.807, 2.05) is 66.7 Å². The molecule has 0 spiro atoms. The number of benzene rings is 3. The van der Waals surface area contributed by atoms with Gasteiger partial charge in [-0.25, -0.2) is 0 Å². The number of carbonyl (C=O) groups excluding carboxylic acids is 1. The molecule has 0 radical (unpaired) electrons. The normalized spacial score (nSPS) is 10.5. The first kappa shape index (κ1) is 23.2. The fraction of sp³-hybridized carbons (Fsp3) is 0.192. The predicted octanol–water partition coefficient (Wildman–Crippen LogP) is 3.98. The number of rotatable bonds is 8. The molecular formula is C26H27NO5. The van der Waals surface area contributed by atoms with E-state index in [2.05, 4.69) is 0 Å². The van der Waals surface area contributed by atoms with Crippen LogP contribution in [0.25, 0.3) is 22.1 Å². The van der Waals surface area contributed by atoms with Gasteiger partial charge in [-0.05, 0) is 47.0 Å². The monoisotopic (exact) mass is 433 g/mol. The lowest BCUT2D eigenvalue weighted by molar-refractivity contribution is -0.107. The van der Waals surface area contributed by atoms with E-state index in [1.165, 1.54) is 0 Å². The van der Waals surface area contributed by atoms with Gasteiger partial charge in [0.25, 0.3) is 0 Å². The van der Waals surface area contributed by atoms with Crippen LogP contribution in [-0.2, 0) is 31.0 Å². The molecule has 0 aliphatic rings. The molecule has 6 heteroatoms. The Morgan fingerprint density at radius 1 is 1.00 bits per heavy atom. The van der Waals surface area contributed by atoms with Crippen LogP contribution in [-0.4, -0.2) is 23.6 Å². The third-order valence-electron chi connectivity index (χ3n) is 5.03. The minimum Gasteiger partial charge on any atom is -0.489 e. The van der Waals surface area contributed by atoms with Crippen LogP contribution in [0.2, 0.25) is 0 Å². The SMILES string of the molecule is CO.NCc1cccc(-c2cc(COc3ccccc3CC=O)cc3cc(CO)oc23)c1. The summed E-state index contributed by atoms with van der Waals surface area (Å²) in [6.07, 6.45) is 1.19. The zero-order valence-electron chi connectivity index (χ0n) is 18.0. The lowest BCUT2D eigenvalue weighted by Gasteiger charge is -2.12. The quantitative estimate of drug-likeness (QED) is 0.363. The van der Waals surface area contributed by atoms with Crippen LogP contribution in [0.3, 0.4) is 0 Å². The molecule has 0 aliphatic heterocycles. The van der Waals surface area contributed by atoms with Crippen molar-refractivity contribution >= 4 is 17.3 Å². The number of furan rings is 1. The molecule has 0 aliphatic carbocycles. The summed E-state index contributed by atoms with van der Waals surface area (Å²) in [5.74, 6) is 1.20. The summed E-state index contributed by atoms with van der Waals surface area (Å²) in [7, 11) is 1.00. The van der Waals surface area contributed by atoms with E-state index in [1.54, 1.807) is 0 Å². The van der Waals surface area contributed by atoms with Crippen molar-refractivity contribution in [2.75, 3.05) is 7.11 Å². The molecule has 166 valence electrons. The average Bonchev–Trinajstić information content (AvgIpc) is 3.28. The first-order chi connectivity index (χ1) is 15.7. The number of hydrogen-bond acceptors (Lipinski definition) is 6. The minimum atomic E-state index is -0.165. The van der Waals surface area contributed by atoms with Crippen molar-refractivity contribution in [2.24, 2.45) is 5.73 Å². The maximum Gasteiger partial charge on any atom is 0.142 e. The van der Waals surface area contributed by atoms with Crippen LogP contribution < -0.4 is 10.5 Å². The van der Waals surface area contributed by atoms with Crippen LogP contribution in [0.15, 0.2) is 71.1 Å². The fourth-order valence-electron chi connectivity index (χ4n) is 3.57. The first-order valence-corrected chi connectivity index (χ1v) is 10.3. The summed E-state index contributed by atoms with van der Waals surface area (Å²) in [5.41, 5.74) is 11.3. The van der Waals surface area contributed by atoms with E-state index in [4.69, 9.17) is 20.0 Å². The number of hydrogen-bond donors (Lipinski definition) is 3. The molecule has 6 nitrogen and oxygen atoms in total. The molecule has 0 unspecified atom stereocenters. The molecule has 4 aromatic rings. The lowest BCUT2D eigenvalue weighted by atomic mass is 9.99. The Labute approximate surface area is 186 Å². The second kappa shape index (κ2) is 11.2. The van der Waals surface area contributed by atoms with Gasteiger partial charge < -0.3 is 29.9 Å². The largest absolute Gasteiger partial charge is 0.489 e. The highest BCUT2D eigenvalue weighted by atomic mass is 16.5. The van der Waals surface area contributed by atoms with Crippen LogP contribution in [0.4, 0.5) is 0 Å². The Hall–Kier alpha value is -3.45. The van der Waals surface area contributed by atoms with Gasteiger partial charge in [0.1, 0.15) is 36.6 Å². The van der Waals surface area contributed by atoms with Gasteiger partial charge in [0.05, 0.1) is 0 Å². The molecule has 0 saturated carbocycles. The number of carbonyl (C=O) groups is 1.